The lowest BCUT2D eigenvalue weighted by molar-refractivity contribution is 0.151. The molecule has 1 aliphatic heterocycles. The molecule has 1 aromatic rings. The zero-order valence-corrected chi connectivity index (χ0v) is 13.3. The van der Waals surface area contributed by atoms with Crippen LogP contribution in [-0.4, -0.2) is 35.5 Å². The van der Waals surface area contributed by atoms with Crippen LogP contribution < -0.4 is 5.32 Å². The van der Waals surface area contributed by atoms with Crippen LogP contribution in [0.4, 0.5) is 0 Å². The Kier molecular flexibility index (Phi) is 3.96. The highest BCUT2D eigenvalue weighted by Gasteiger charge is 2.43. The highest BCUT2D eigenvalue weighted by atomic mass is 32.1. The van der Waals surface area contributed by atoms with Crippen molar-refractivity contribution >= 4 is 17.3 Å². The van der Waals surface area contributed by atoms with Crippen molar-refractivity contribution in [1.82, 2.24) is 15.2 Å². The lowest BCUT2D eigenvalue weighted by Crippen LogP contribution is -2.42. The van der Waals surface area contributed by atoms with Crippen LogP contribution in [0.25, 0.3) is 0 Å². The minimum absolute atomic E-state index is 0.622. The molecule has 2 aliphatic rings. The Hall–Kier alpha value is -1.10. The van der Waals surface area contributed by atoms with Gasteiger partial charge in [0, 0.05) is 30.7 Å². The summed E-state index contributed by atoms with van der Waals surface area (Å²) in [7, 11) is 0. The third kappa shape index (κ3) is 2.82. The van der Waals surface area contributed by atoms with Crippen LogP contribution in [-0.2, 0) is 6.54 Å². The molecule has 1 N–H and O–H groups in total. The minimum Gasteiger partial charge on any atom is -0.357 e. The van der Waals surface area contributed by atoms with E-state index in [2.05, 4.69) is 22.1 Å². The van der Waals surface area contributed by atoms with Gasteiger partial charge in [0.2, 0.25) is 0 Å². The van der Waals surface area contributed by atoms with Crippen molar-refractivity contribution in [3.63, 3.8) is 0 Å². The van der Waals surface area contributed by atoms with Crippen molar-refractivity contribution in [3.05, 3.63) is 16.1 Å². The highest BCUT2D eigenvalue weighted by Crippen LogP contribution is 2.47. The molecule has 1 aliphatic carbocycles. The molecular weight excluding hydrogens is 268 g/mol. The van der Waals surface area contributed by atoms with Gasteiger partial charge in [-0.15, -0.1) is 11.3 Å². The van der Waals surface area contributed by atoms with E-state index in [4.69, 9.17) is 4.99 Å². The average Bonchev–Trinajstić information content (AvgIpc) is 3.00. The maximum atomic E-state index is 4.80. The zero-order chi connectivity index (χ0) is 14.0. The van der Waals surface area contributed by atoms with Gasteiger partial charge < -0.3 is 10.2 Å². The first-order valence-electron chi connectivity index (χ1n) is 7.65. The largest absolute Gasteiger partial charge is 0.357 e. The van der Waals surface area contributed by atoms with E-state index in [0.29, 0.717) is 5.41 Å². The fraction of sp³-hybridized carbons (Fsp3) is 0.733. The molecule has 0 unspecified atom stereocenters. The lowest BCUT2D eigenvalue weighted by atomic mass is 9.68. The molecule has 20 heavy (non-hydrogen) atoms. The molecule has 0 aromatic carbocycles. The van der Waals surface area contributed by atoms with Gasteiger partial charge in [-0.3, -0.25) is 0 Å². The molecule has 1 aromatic heterocycles. The number of aryl methyl sites for hydroxylation is 1. The van der Waals surface area contributed by atoms with Crippen LogP contribution >= 0.6 is 11.3 Å². The van der Waals surface area contributed by atoms with Crippen molar-refractivity contribution in [2.45, 2.75) is 46.1 Å². The van der Waals surface area contributed by atoms with Crippen LogP contribution in [0.1, 0.15) is 42.5 Å². The van der Waals surface area contributed by atoms with Crippen LogP contribution in [0.2, 0.25) is 0 Å². The summed E-state index contributed by atoms with van der Waals surface area (Å²) in [5.74, 6) is 1.09. The maximum absolute atomic E-state index is 4.80. The second kappa shape index (κ2) is 5.72. The second-order valence-electron chi connectivity index (χ2n) is 6.04. The van der Waals surface area contributed by atoms with Gasteiger partial charge in [-0.1, -0.05) is 6.42 Å². The normalized spacial score (nSPS) is 21.3. The number of hydrogen-bond acceptors (Lipinski definition) is 3. The Balaban J connectivity index is 1.65. The van der Waals surface area contributed by atoms with E-state index in [1.165, 1.54) is 37.1 Å². The van der Waals surface area contributed by atoms with E-state index in [9.17, 15) is 0 Å². The summed E-state index contributed by atoms with van der Waals surface area (Å²) in [6.07, 6.45) is 7.54. The Morgan fingerprint density at radius 3 is 2.90 bits per heavy atom. The molecule has 0 atom stereocenters. The summed E-state index contributed by atoms with van der Waals surface area (Å²) >= 11 is 1.74. The fourth-order valence-corrected chi connectivity index (χ4v) is 3.98. The number of thiazole rings is 1. The lowest BCUT2D eigenvalue weighted by Gasteiger charge is -2.38. The topological polar surface area (TPSA) is 40.5 Å². The van der Waals surface area contributed by atoms with Gasteiger partial charge in [-0.2, -0.15) is 0 Å². The van der Waals surface area contributed by atoms with Crippen LogP contribution in [0.5, 0.6) is 0 Å². The molecule has 2 fully saturated rings. The van der Waals surface area contributed by atoms with Gasteiger partial charge in [0.1, 0.15) is 0 Å². The summed E-state index contributed by atoms with van der Waals surface area (Å²) in [5, 5.41) is 4.57. The van der Waals surface area contributed by atoms with E-state index >= 15 is 0 Å². The summed E-state index contributed by atoms with van der Waals surface area (Å²) in [6.45, 7) is 8.22. The minimum atomic E-state index is 0.622. The molecular formula is C15H24N4S. The number of guanidine groups is 1. The zero-order valence-electron chi connectivity index (χ0n) is 12.5. The number of aromatic nitrogens is 1. The second-order valence-corrected chi connectivity index (χ2v) is 7.36. The first-order chi connectivity index (χ1) is 9.71. The van der Waals surface area contributed by atoms with Gasteiger partial charge in [0.15, 0.2) is 5.96 Å². The highest BCUT2D eigenvalue weighted by molar-refractivity contribution is 7.11. The molecule has 0 bridgehead atoms. The third-order valence-corrected chi connectivity index (χ3v) is 5.44. The quantitative estimate of drug-likeness (QED) is 0.688. The maximum Gasteiger partial charge on any atom is 0.194 e. The number of nitrogens with one attached hydrogen (secondary N) is 1. The van der Waals surface area contributed by atoms with E-state index in [1.54, 1.807) is 11.3 Å². The number of nitrogens with zero attached hydrogens (tertiary/aromatic N) is 3. The average molecular weight is 292 g/mol. The number of aliphatic imine (C=N–C) groups is 1. The van der Waals surface area contributed by atoms with Gasteiger partial charge in [-0.25, -0.2) is 9.98 Å². The molecule has 0 radical (unpaired) electrons. The predicted octanol–water partition coefficient (Wildman–Crippen LogP) is 2.79. The molecule has 4 nitrogen and oxygen atoms in total. The summed E-state index contributed by atoms with van der Waals surface area (Å²) in [4.78, 5) is 12.8. The van der Waals surface area contributed by atoms with Crippen molar-refractivity contribution in [3.8, 4) is 0 Å². The standard InChI is InChI=1S/C15H24N4S/c1-3-16-14(18-10-13-9-17-12(2)20-13)19-8-7-15(11-19)5-4-6-15/h9H,3-8,10-11H2,1-2H3,(H,16,18). The van der Waals surface area contributed by atoms with Crippen molar-refractivity contribution < 1.29 is 0 Å². The van der Waals surface area contributed by atoms with E-state index < -0.39 is 0 Å². The summed E-state index contributed by atoms with van der Waals surface area (Å²) in [6, 6.07) is 0. The molecule has 3 rings (SSSR count). The first-order valence-corrected chi connectivity index (χ1v) is 8.47. The van der Waals surface area contributed by atoms with E-state index in [-0.39, 0.29) is 0 Å². The number of hydrogen-bond donors (Lipinski definition) is 1. The summed E-state index contributed by atoms with van der Waals surface area (Å²) < 4.78 is 0. The Labute approximate surface area is 125 Å². The molecule has 2 heterocycles. The van der Waals surface area contributed by atoms with Gasteiger partial charge in [0.25, 0.3) is 0 Å². The first kappa shape index (κ1) is 13.9. The third-order valence-electron chi connectivity index (χ3n) is 4.54. The molecule has 0 amide bonds. The van der Waals surface area contributed by atoms with Crippen LogP contribution in [0.3, 0.4) is 0 Å². The monoisotopic (exact) mass is 292 g/mol. The Morgan fingerprint density at radius 2 is 2.35 bits per heavy atom. The van der Waals surface area contributed by atoms with Gasteiger partial charge >= 0.3 is 0 Å². The van der Waals surface area contributed by atoms with E-state index in [1.807, 2.05) is 13.1 Å². The predicted molar refractivity (Wildman–Crippen MR) is 84.1 cm³/mol. The molecule has 110 valence electrons. The summed E-state index contributed by atoms with van der Waals surface area (Å²) in [5.41, 5.74) is 0.622. The smallest absolute Gasteiger partial charge is 0.194 e. The van der Waals surface area contributed by atoms with Crippen LogP contribution in [0.15, 0.2) is 11.2 Å². The molecule has 5 heteroatoms. The molecule has 1 saturated carbocycles. The SMILES string of the molecule is CCNC(=NCc1cnc(C)s1)N1CCC2(CCC2)C1. The fourth-order valence-electron chi connectivity index (χ4n) is 3.26. The van der Waals surface area contributed by atoms with Gasteiger partial charge in [-0.05, 0) is 38.5 Å². The molecule has 1 saturated heterocycles. The Morgan fingerprint density at radius 1 is 1.50 bits per heavy atom. The molecule has 1 spiro atoms. The number of likely N-dealkylation sites (tertiary alicyclic amines) is 1. The number of rotatable bonds is 3. The van der Waals surface area contributed by atoms with Crippen LogP contribution in [0, 0.1) is 12.3 Å². The van der Waals surface area contributed by atoms with Crippen molar-refractivity contribution in [2.75, 3.05) is 19.6 Å². The van der Waals surface area contributed by atoms with Crippen molar-refractivity contribution in [1.29, 1.82) is 0 Å². The van der Waals surface area contributed by atoms with Crippen molar-refractivity contribution in [2.24, 2.45) is 10.4 Å². The Bertz CT molecular complexity index is 490. The van der Waals surface area contributed by atoms with Gasteiger partial charge in [0.05, 0.1) is 11.6 Å². The van der Waals surface area contributed by atoms with E-state index in [0.717, 1.165) is 30.6 Å².